The van der Waals surface area contributed by atoms with Gasteiger partial charge >= 0.3 is 0 Å². The van der Waals surface area contributed by atoms with Crippen molar-refractivity contribution in [3.8, 4) is 0 Å². The van der Waals surface area contributed by atoms with Gasteiger partial charge in [0, 0.05) is 26.1 Å². The van der Waals surface area contributed by atoms with Gasteiger partial charge in [-0.2, -0.15) is 0 Å². The Morgan fingerprint density at radius 2 is 1.93 bits per heavy atom. The van der Waals surface area contributed by atoms with Gasteiger partial charge in [0.05, 0.1) is 0 Å². The zero-order chi connectivity index (χ0) is 10.2. The second-order valence-corrected chi connectivity index (χ2v) is 3.87. The van der Waals surface area contributed by atoms with Gasteiger partial charge in [0.25, 0.3) is 0 Å². The molecular formula is C10H21N3O. The van der Waals surface area contributed by atoms with Crippen molar-refractivity contribution in [1.82, 2.24) is 10.2 Å². The van der Waals surface area contributed by atoms with Gasteiger partial charge in [0.1, 0.15) is 0 Å². The lowest BCUT2D eigenvalue weighted by Crippen LogP contribution is -2.36. The van der Waals surface area contributed by atoms with Gasteiger partial charge in [-0.3, -0.25) is 4.79 Å². The molecule has 1 rings (SSSR count). The van der Waals surface area contributed by atoms with E-state index >= 15 is 0 Å². The molecule has 0 unspecified atom stereocenters. The molecule has 4 nitrogen and oxygen atoms in total. The average molecular weight is 199 g/mol. The monoisotopic (exact) mass is 199 g/mol. The van der Waals surface area contributed by atoms with Crippen molar-refractivity contribution in [2.75, 3.05) is 32.7 Å². The summed E-state index contributed by atoms with van der Waals surface area (Å²) in [5.41, 5.74) is 5.03. The minimum atomic E-state index is -0.226. The van der Waals surface area contributed by atoms with E-state index in [1.54, 1.807) is 0 Å². The molecule has 1 saturated heterocycles. The molecule has 0 aromatic carbocycles. The number of primary amides is 1. The Balaban J connectivity index is 1.90. The molecule has 1 heterocycles. The van der Waals surface area contributed by atoms with E-state index < -0.39 is 0 Å². The number of piperidine rings is 1. The van der Waals surface area contributed by atoms with Gasteiger partial charge in [0.15, 0.2) is 0 Å². The number of hydrogen-bond acceptors (Lipinski definition) is 3. The van der Waals surface area contributed by atoms with Gasteiger partial charge < -0.3 is 16.0 Å². The van der Waals surface area contributed by atoms with Crippen LogP contribution in [0.1, 0.15) is 25.7 Å². The Bertz CT molecular complexity index is 167. The summed E-state index contributed by atoms with van der Waals surface area (Å²) in [6.45, 7) is 5.24. The first-order valence-electron chi connectivity index (χ1n) is 5.50. The van der Waals surface area contributed by atoms with Gasteiger partial charge in [-0.1, -0.05) is 6.42 Å². The number of nitrogens with zero attached hydrogens (tertiary/aromatic N) is 1. The molecule has 1 aliphatic rings. The van der Waals surface area contributed by atoms with Crippen molar-refractivity contribution in [2.24, 2.45) is 5.73 Å². The molecule has 4 heteroatoms. The summed E-state index contributed by atoms with van der Waals surface area (Å²) in [6.07, 6.45) is 4.49. The Labute approximate surface area is 85.8 Å². The molecule has 1 aliphatic heterocycles. The van der Waals surface area contributed by atoms with Gasteiger partial charge in [-0.15, -0.1) is 0 Å². The number of carbonyl (C=O) groups is 1. The summed E-state index contributed by atoms with van der Waals surface area (Å²) in [5.74, 6) is -0.226. The first kappa shape index (κ1) is 11.5. The van der Waals surface area contributed by atoms with E-state index in [4.69, 9.17) is 5.73 Å². The van der Waals surface area contributed by atoms with E-state index in [-0.39, 0.29) is 5.91 Å². The third-order valence-electron chi connectivity index (χ3n) is 2.60. The van der Waals surface area contributed by atoms with Crippen LogP contribution in [0, 0.1) is 0 Å². The highest BCUT2D eigenvalue weighted by Gasteiger charge is 2.08. The topological polar surface area (TPSA) is 58.4 Å². The largest absolute Gasteiger partial charge is 0.370 e. The van der Waals surface area contributed by atoms with E-state index in [0.717, 1.165) is 13.1 Å². The molecule has 1 fully saturated rings. The normalized spacial score (nSPS) is 18.3. The number of hydrogen-bond donors (Lipinski definition) is 2. The highest BCUT2D eigenvalue weighted by molar-refractivity contribution is 5.73. The predicted molar refractivity (Wildman–Crippen MR) is 57.0 cm³/mol. The fourth-order valence-corrected chi connectivity index (χ4v) is 1.76. The van der Waals surface area contributed by atoms with Crippen LogP contribution in [0.3, 0.4) is 0 Å². The fraction of sp³-hybridized carbons (Fsp3) is 0.900. The molecule has 1 amide bonds. The summed E-state index contributed by atoms with van der Waals surface area (Å²) in [7, 11) is 0. The smallest absolute Gasteiger partial charge is 0.218 e. The van der Waals surface area contributed by atoms with Crippen LogP contribution in [0.15, 0.2) is 0 Å². The summed E-state index contributed by atoms with van der Waals surface area (Å²) in [4.78, 5) is 12.9. The number of amides is 1. The third-order valence-corrected chi connectivity index (χ3v) is 2.60. The van der Waals surface area contributed by atoms with Crippen molar-refractivity contribution in [3.63, 3.8) is 0 Å². The van der Waals surface area contributed by atoms with Crippen molar-refractivity contribution >= 4 is 5.91 Å². The number of nitrogens with one attached hydrogen (secondary N) is 1. The molecule has 0 aromatic heterocycles. The number of likely N-dealkylation sites (tertiary alicyclic amines) is 1. The third kappa shape index (κ3) is 5.19. The van der Waals surface area contributed by atoms with Crippen LogP contribution in [0.5, 0.6) is 0 Å². The quantitative estimate of drug-likeness (QED) is 0.589. The lowest BCUT2D eigenvalue weighted by molar-refractivity contribution is -0.117. The Kier molecular flexibility index (Phi) is 5.56. The molecule has 0 aromatic rings. The highest BCUT2D eigenvalue weighted by Crippen LogP contribution is 2.07. The maximum Gasteiger partial charge on any atom is 0.218 e. The van der Waals surface area contributed by atoms with E-state index in [9.17, 15) is 4.79 Å². The minimum Gasteiger partial charge on any atom is -0.370 e. The number of nitrogens with two attached hydrogens (primary N) is 1. The molecule has 0 atom stereocenters. The van der Waals surface area contributed by atoms with Crippen LogP contribution >= 0.6 is 0 Å². The molecule has 0 bridgehead atoms. The van der Waals surface area contributed by atoms with Crippen molar-refractivity contribution < 1.29 is 4.79 Å². The van der Waals surface area contributed by atoms with Crippen LogP contribution < -0.4 is 11.1 Å². The molecule has 82 valence electrons. The van der Waals surface area contributed by atoms with E-state index in [1.807, 2.05) is 0 Å². The maximum absolute atomic E-state index is 10.4. The molecule has 0 spiro atoms. The summed E-state index contributed by atoms with van der Waals surface area (Å²) in [6, 6.07) is 0. The van der Waals surface area contributed by atoms with Crippen LogP contribution in [0.4, 0.5) is 0 Å². The zero-order valence-electron chi connectivity index (χ0n) is 8.80. The van der Waals surface area contributed by atoms with Gasteiger partial charge in [-0.25, -0.2) is 0 Å². The van der Waals surface area contributed by atoms with E-state index in [1.165, 1.54) is 32.4 Å². The number of carbonyl (C=O) groups excluding carboxylic acids is 1. The van der Waals surface area contributed by atoms with Crippen LogP contribution in [0.2, 0.25) is 0 Å². The Morgan fingerprint density at radius 3 is 2.57 bits per heavy atom. The summed E-state index contributed by atoms with van der Waals surface area (Å²) < 4.78 is 0. The molecule has 0 radical (unpaired) electrons. The molecule has 0 saturated carbocycles. The van der Waals surface area contributed by atoms with Crippen LogP contribution in [-0.4, -0.2) is 43.5 Å². The Hall–Kier alpha value is -0.610. The predicted octanol–water partition coefficient (Wildman–Crippen LogP) is -0.0627. The molecular weight excluding hydrogens is 178 g/mol. The number of rotatable bonds is 6. The zero-order valence-corrected chi connectivity index (χ0v) is 8.80. The SMILES string of the molecule is NC(=O)CCNCCN1CCCCC1. The van der Waals surface area contributed by atoms with Crippen molar-refractivity contribution in [1.29, 1.82) is 0 Å². The lowest BCUT2D eigenvalue weighted by atomic mass is 10.1. The summed E-state index contributed by atoms with van der Waals surface area (Å²) >= 11 is 0. The first-order chi connectivity index (χ1) is 6.79. The highest BCUT2D eigenvalue weighted by atomic mass is 16.1. The molecule has 14 heavy (non-hydrogen) atoms. The minimum absolute atomic E-state index is 0.226. The van der Waals surface area contributed by atoms with E-state index in [0.29, 0.717) is 13.0 Å². The van der Waals surface area contributed by atoms with Crippen LogP contribution in [-0.2, 0) is 4.79 Å². The Morgan fingerprint density at radius 1 is 1.21 bits per heavy atom. The van der Waals surface area contributed by atoms with E-state index in [2.05, 4.69) is 10.2 Å². The van der Waals surface area contributed by atoms with Crippen LogP contribution in [0.25, 0.3) is 0 Å². The van der Waals surface area contributed by atoms with Gasteiger partial charge in [-0.05, 0) is 25.9 Å². The first-order valence-corrected chi connectivity index (χ1v) is 5.50. The molecule has 3 N–H and O–H groups in total. The second kappa shape index (κ2) is 6.79. The fourth-order valence-electron chi connectivity index (χ4n) is 1.76. The lowest BCUT2D eigenvalue weighted by Gasteiger charge is -2.26. The van der Waals surface area contributed by atoms with Crippen molar-refractivity contribution in [3.05, 3.63) is 0 Å². The maximum atomic E-state index is 10.4. The average Bonchev–Trinajstić information content (AvgIpc) is 2.18. The van der Waals surface area contributed by atoms with Crippen molar-refractivity contribution in [2.45, 2.75) is 25.7 Å². The standard InChI is InChI=1S/C10H21N3O/c11-10(14)4-5-12-6-9-13-7-2-1-3-8-13/h12H,1-9H2,(H2,11,14). The summed E-state index contributed by atoms with van der Waals surface area (Å²) in [5, 5.41) is 3.22. The molecule has 0 aliphatic carbocycles. The second-order valence-electron chi connectivity index (χ2n) is 3.87. The van der Waals surface area contributed by atoms with Gasteiger partial charge in [0.2, 0.25) is 5.91 Å².